The SMILES string of the molecule is CC.CC(C)Oc1cc2c(-c3cc(N4CCN(C)C(=O)C4)ncn3)n[nH]c2cn1.CCN(CCOC)c1cc(C(=N)c2nc(-c3cnn(C)c3)ncc2N)ccn1.[HH].[HH]. The number of nitrogens with zero attached hydrogens (tertiary/aromatic N) is 12. The summed E-state index contributed by atoms with van der Waals surface area (Å²) in [6.07, 6.45) is 9.94. The molecular formula is C39H55N15O3. The molecule has 0 saturated carbocycles. The van der Waals surface area contributed by atoms with Crippen LogP contribution in [0.25, 0.3) is 33.7 Å². The number of amides is 1. The minimum absolute atomic E-state index is 0. The number of H-pyrrole nitrogens is 1. The Labute approximate surface area is 335 Å². The Morgan fingerprint density at radius 1 is 1.07 bits per heavy atom. The fourth-order valence-corrected chi connectivity index (χ4v) is 5.79. The molecule has 18 nitrogen and oxygen atoms in total. The molecule has 6 aromatic heterocycles. The Bertz CT molecular complexity index is 2280. The molecule has 304 valence electrons. The topological polar surface area (TPSA) is 219 Å². The number of anilines is 3. The van der Waals surface area contributed by atoms with Crippen molar-refractivity contribution < 1.29 is 17.1 Å². The highest BCUT2D eigenvalue weighted by molar-refractivity contribution is 6.12. The summed E-state index contributed by atoms with van der Waals surface area (Å²) in [5, 5.41) is 21.0. The molecule has 57 heavy (non-hydrogen) atoms. The van der Waals surface area contributed by atoms with E-state index < -0.39 is 0 Å². The molecule has 4 N–H and O–H groups in total. The summed E-state index contributed by atoms with van der Waals surface area (Å²) in [7, 11) is 5.31. The average molecular weight is 782 g/mol. The van der Waals surface area contributed by atoms with Crippen LogP contribution >= 0.6 is 0 Å². The number of aryl methyl sites for hydroxylation is 1. The maximum Gasteiger partial charge on any atom is 0.241 e. The number of nitrogens with two attached hydrogens (primary N) is 1. The van der Waals surface area contributed by atoms with Crippen molar-refractivity contribution in [2.24, 2.45) is 7.05 Å². The third kappa shape index (κ3) is 10.2. The number of methoxy groups -OCH3 is 1. The lowest BCUT2D eigenvalue weighted by molar-refractivity contribution is -0.129. The Morgan fingerprint density at radius 2 is 1.88 bits per heavy atom. The lowest BCUT2D eigenvalue weighted by Crippen LogP contribution is -2.48. The van der Waals surface area contributed by atoms with Crippen LogP contribution in [0, 0.1) is 5.41 Å². The molecule has 1 fully saturated rings. The van der Waals surface area contributed by atoms with Crippen LogP contribution in [0.3, 0.4) is 0 Å². The van der Waals surface area contributed by atoms with E-state index in [-0.39, 0.29) is 20.6 Å². The van der Waals surface area contributed by atoms with E-state index in [1.54, 1.807) is 41.3 Å². The van der Waals surface area contributed by atoms with E-state index in [1.807, 2.05) is 71.1 Å². The molecule has 7 rings (SSSR count). The predicted molar refractivity (Wildman–Crippen MR) is 225 cm³/mol. The first kappa shape index (κ1) is 41.6. The van der Waals surface area contributed by atoms with E-state index in [4.69, 9.17) is 20.6 Å². The number of aromatic amines is 1. The van der Waals surface area contributed by atoms with E-state index in [0.717, 1.165) is 41.9 Å². The minimum atomic E-state index is 0. The smallest absolute Gasteiger partial charge is 0.241 e. The summed E-state index contributed by atoms with van der Waals surface area (Å²) in [4.78, 5) is 44.0. The second kappa shape index (κ2) is 19.3. The van der Waals surface area contributed by atoms with Gasteiger partial charge in [-0.3, -0.25) is 20.0 Å². The summed E-state index contributed by atoms with van der Waals surface area (Å²) in [6.45, 7) is 13.8. The van der Waals surface area contributed by atoms with Crippen LogP contribution in [-0.2, 0) is 16.6 Å². The van der Waals surface area contributed by atoms with Gasteiger partial charge in [-0.25, -0.2) is 29.9 Å². The van der Waals surface area contributed by atoms with Crippen LogP contribution in [0.4, 0.5) is 17.3 Å². The summed E-state index contributed by atoms with van der Waals surface area (Å²) in [5.41, 5.74) is 10.7. The third-order valence-corrected chi connectivity index (χ3v) is 8.78. The number of rotatable bonds is 12. The highest BCUT2D eigenvalue weighted by Crippen LogP contribution is 2.29. The molecule has 18 heteroatoms. The molecule has 0 bridgehead atoms. The molecule has 6 aromatic rings. The van der Waals surface area contributed by atoms with Gasteiger partial charge in [0.2, 0.25) is 11.8 Å². The van der Waals surface area contributed by atoms with Crippen LogP contribution in [0.1, 0.15) is 48.7 Å². The van der Waals surface area contributed by atoms with Gasteiger partial charge in [0.05, 0.1) is 66.0 Å². The van der Waals surface area contributed by atoms with Crippen LogP contribution in [-0.4, -0.2) is 126 Å². The van der Waals surface area contributed by atoms with Crippen molar-refractivity contribution in [2.45, 2.75) is 40.7 Å². The molecule has 0 spiro atoms. The fourth-order valence-electron chi connectivity index (χ4n) is 5.79. The van der Waals surface area contributed by atoms with Gasteiger partial charge in [-0.05, 0) is 32.9 Å². The van der Waals surface area contributed by atoms with Crippen molar-refractivity contribution in [1.29, 1.82) is 5.41 Å². The average Bonchev–Trinajstić information content (AvgIpc) is 3.86. The van der Waals surface area contributed by atoms with Gasteiger partial charge >= 0.3 is 0 Å². The number of likely N-dealkylation sites (N-methyl/N-ethyl adjacent to an activating group) is 2. The monoisotopic (exact) mass is 781 g/mol. The van der Waals surface area contributed by atoms with E-state index >= 15 is 0 Å². The number of carbonyl (C=O) groups excluding carboxylic acids is 1. The molecule has 0 radical (unpaired) electrons. The maximum atomic E-state index is 12.0. The van der Waals surface area contributed by atoms with Gasteiger partial charge in [0.15, 0.2) is 5.82 Å². The first-order valence-corrected chi connectivity index (χ1v) is 18.8. The van der Waals surface area contributed by atoms with Gasteiger partial charge in [-0.1, -0.05) is 13.8 Å². The molecule has 0 atom stereocenters. The quantitative estimate of drug-likeness (QED) is 0.143. The molecule has 0 unspecified atom stereocenters. The molecule has 0 aliphatic carbocycles. The van der Waals surface area contributed by atoms with Crippen LogP contribution in [0.15, 0.2) is 61.6 Å². The zero-order chi connectivity index (χ0) is 41.1. The number of ether oxygens (including phenoxy) is 2. The highest BCUT2D eigenvalue weighted by atomic mass is 16.5. The highest BCUT2D eigenvalue weighted by Gasteiger charge is 2.23. The van der Waals surface area contributed by atoms with Crippen molar-refractivity contribution in [3.05, 3.63) is 72.8 Å². The molecule has 7 heterocycles. The zero-order valence-corrected chi connectivity index (χ0v) is 33.8. The number of fused-ring (bicyclic) bond motifs is 1. The molecule has 1 saturated heterocycles. The van der Waals surface area contributed by atoms with E-state index in [9.17, 15) is 4.79 Å². The number of carbonyl (C=O) groups is 1. The zero-order valence-electron chi connectivity index (χ0n) is 33.8. The van der Waals surface area contributed by atoms with E-state index in [1.165, 1.54) is 12.5 Å². The Balaban J connectivity index is 0.000000293. The van der Waals surface area contributed by atoms with Crippen LogP contribution in [0.2, 0.25) is 0 Å². The summed E-state index contributed by atoms with van der Waals surface area (Å²) < 4.78 is 12.5. The van der Waals surface area contributed by atoms with E-state index in [2.05, 4.69) is 57.0 Å². The van der Waals surface area contributed by atoms with Gasteiger partial charge in [0, 0.05) is 85.7 Å². The predicted octanol–water partition coefficient (Wildman–Crippen LogP) is 4.74. The number of pyridine rings is 2. The first-order chi connectivity index (χ1) is 27.5. The standard InChI is InChI=1S/C19H24N8O.C18H21N7O2.C2H6.2H2/c1-4-27(7-8-28-3)16-9-13(5-6-22-16)17(21)18-15(20)11-23-19(25-18)14-10-24-26(2)12-14;1-11(2)27-16-6-12-14(8-19-16)22-23-18(12)13-7-15(21-10-20-13)25-5-4-24(3)17(26)9-25;1-2;;/h5-6,9-12,21H,4,7-8,20H2,1-3H3;6-8,10-11H,4-5,9H2,1-3H3,(H,22,23);1-2H3;2*1H. The lowest BCUT2D eigenvalue weighted by atomic mass is 10.1. The van der Waals surface area contributed by atoms with Crippen LogP contribution in [0.5, 0.6) is 5.88 Å². The Morgan fingerprint density at radius 3 is 2.58 bits per heavy atom. The largest absolute Gasteiger partial charge is 0.475 e. The van der Waals surface area contributed by atoms with Gasteiger partial charge < -0.3 is 29.9 Å². The molecular weight excluding hydrogens is 727 g/mol. The normalized spacial score (nSPS) is 12.5. The van der Waals surface area contributed by atoms with Crippen molar-refractivity contribution in [3.63, 3.8) is 0 Å². The van der Waals surface area contributed by atoms with Crippen molar-refractivity contribution in [2.75, 3.05) is 69.0 Å². The number of nitrogen functional groups attached to an aromatic ring is 1. The van der Waals surface area contributed by atoms with Crippen molar-refractivity contribution in [1.82, 2.24) is 54.8 Å². The summed E-state index contributed by atoms with van der Waals surface area (Å²) in [6, 6.07) is 7.36. The van der Waals surface area contributed by atoms with Crippen molar-refractivity contribution >= 4 is 39.8 Å². The number of aromatic nitrogens is 10. The van der Waals surface area contributed by atoms with Crippen molar-refractivity contribution in [3.8, 4) is 28.7 Å². The van der Waals surface area contributed by atoms with Gasteiger partial charge in [-0.15, -0.1) is 0 Å². The Hall–Kier alpha value is -6.56. The van der Waals surface area contributed by atoms with E-state index in [0.29, 0.717) is 65.6 Å². The summed E-state index contributed by atoms with van der Waals surface area (Å²) in [5.74, 6) is 2.59. The van der Waals surface area contributed by atoms with Gasteiger partial charge in [0.1, 0.15) is 29.4 Å². The molecule has 1 amide bonds. The molecule has 1 aliphatic heterocycles. The Kier molecular flexibility index (Phi) is 14.1. The second-order valence-corrected chi connectivity index (χ2v) is 13.1. The number of piperazine rings is 1. The van der Waals surface area contributed by atoms with Gasteiger partial charge in [-0.2, -0.15) is 10.2 Å². The molecule has 1 aliphatic rings. The number of hydrogen-bond acceptors (Lipinski definition) is 15. The summed E-state index contributed by atoms with van der Waals surface area (Å²) >= 11 is 0. The fraction of sp³-hybridized carbons (Fsp3) is 0.385. The van der Waals surface area contributed by atoms with Crippen LogP contribution < -0.4 is 20.3 Å². The molecule has 0 aromatic carbocycles. The maximum absolute atomic E-state index is 12.0. The first-order valence-electron chi connectivity index (χ1n) is 18.8. The third-order valence-electron chi connectivity index (χ3n) is 8.78. The minimum Gasteiger partial charge on any atom is -0.475 e. The van der Waals surface area contributed by atoms with Gasteiger partial charge in [0.25, 0.3) is 0 Å². The lowest BCUT2D eigenvalue weighted by Gasteiger charge is -2.32. The number of hydrogen-bond donors (Lipinski definition) is 3. The number of nitrogens with one attached hydrogen (secondary N) is 2. The second-order valence-electron chi connectivity index (χ2n) is 13.1.